The number of benzene rings is 1. The molecule has 88 valence electrons. The van der Waals surface area contributed by atoms with Crippen molar-refractivity contribution in [2.75, 3.05) is 6.61 Å². The van der Waals surface area contributed by atoms with Gasteiger partial charge in [0.15, 0.2) is 0 Å². The maximum absolute atomic E-state index is 6.09. The first-order valence-electron chi connectivity index (χ1n) is 5.32. The van der Waals surface area contributed by atoms with Crippen molar-refractivity contribution < 1.29 is 4.74 Å². The molecule has 0 aliphatic rings. The maximum atomic E-state index is 6.09. The van der Waals surface area contributed by atoms with Crippen LogP contribution in [0.25, 0.3) is 0 Å². The first-order valence-corrected chi connectivity index (χ1v) is 5.69. The van der Waals surface area contributed by atoms with Crippen LogP contribution in [0.1, 0.15) is 32.4 Å². The molecule has 0 bridgehead atoms. The van der Waals surface area contributed by atoms with Gasteiger partial charge in [-0.05, 0) is 44.5 Å². The van der Waals surface area contributed by atoms with Gasteiger partial charge in [-0.25, -0.2) is 0 Å². The average molecular weight is 240 g/mol. The molecule has 2 N–H and O–H groups in total. The molecule has 0 heterocycles. The molecule has 3 heteroatoms. The van der Waals surface area contributed by atoms with E-state index in [1.54, 1.807) is 0 Å². The Balaban J connectivity index is 2.72. The molecule has 2 nitrogen and oxygen atoms in total. The van der Waals surface area contributed by atoms with E-state index in [-0.39, 0.29) is 6.04 Å². The number of ether oxygens (including phenoxy) is 1. The average Bonchev–Trinajstić information content (AvgIpc) is 2.19. The fourth-order valence-corrected chi connectivity index (χ4v) is 1.46. The van der Waals surface area contributed by atoms with Gasteiger partial charge in [-0.3, -0.25) is 0 Å². The molecule has 0 saturated carbocycles. The van der Waals surface area contributed by atoms with Gasteiger partial charge in [-0.1, -0.05) is 23.2 Å². The van der Waals surface area contributed by atoms with Crippen molar-refractivity contribution in [1.29, 1.82) is 0 Å². The Hall–Kier alpha value is -0.990. The molecular formula is C13H18ClNO. The van der Waals surface area contributed by atoms with E-state index < -0.39 is 0 Å². The first-order chi connectivity index (χ1) is 7.50. The highest BCUT2D eigenvalue weighted by Crippen LogP contribution is 2.27. The van der Waals surface area contributed by atoms with Crippen LogP contribution >= 0.6 is 11.6 Å². The van der Waals surface area contributed by atoms with Crippen LogP contribution in [0.5, 0.6) is 5.75 Å². The van der Waals surface area contributed by atoms with E-state index in [9.17, 15) is 0 Å². The lowest BCUT2D eigenvalue weighted by Crippen LogP contribution is -2.05. The lowest BCUT2D eigenvalue weighted by Gasteiger charge is -2.10. The molecular weight excluding hydrogens is 222 g/mol. The molecule has 0 aromatic heterocycles. The SMILES string of the molecule is CC(C)=CCOc1ccc([C@H](C)N)cc1Cl. The molecule has 1 rings (SSSR count). The van der Waals surface area contributed by atoms with Crippen molar-refractivity contribution in [3.63, 3.8) is 0 Å². The van der Waals surface area contributed by atoms with Gasteiger partial charge < -0.3 is 10.5 Å². The first kappa shape index (κ1) is 13.1. The van der Waals surface area contributed by atoms with Gasteiger partial charge in [0, 0.05) is 6.04 Å². The van der Waals surface area contributed by atoms with Crippen LogP contribution in [-0.4, -0.2) is 6.61 Å². The lowest BCUT2D eigenvalue weighted by atomic mass is 10.1. The predicted molar refractivity (Wildman–Crippen MR) is 69.0 cm³/mol. The van der Waals surface area contributed by atoms with E-state index in [0.717, 1.165) is 5.56 Å². The van der Waals surface area contributed by atoms with Crippen LogP contribution in [0.4, 0.5) is 0 Å². The summed E-state index contributed by atoms with van der Waals surface area (Å²) < 4.78 is 5.53. The van der Waals surface area contributed by atoms with E-state index in [0.29, 0.717) is 17.4 Å². The minimum Gasteiger partial charge on any atom is -0.488 e. The zero-order chi connectivity index (χ0) is 12.1. The molecule has 16 heavy (non-hydrogen) atoms. The lowest BCUT2D eigenvalue weighted by molar-refractivity contribution is 0.362. The second kappa shape index (κ2) is 5.92. The van der Waals surface area contributed by atoms with E-state index in [2.05, 4.69) is 0 Å². The summed E-state index contributed by atoms with van der Waals surface area (Å²) in [7, 11) is 0. The molecule has 0 spiro atoms. The Morgan fingerprint density at radius 1 is 1.50 bits per heavy atom. The predicted octanol–water partition coefficient (Wildman–Crippen LogP) is 3.70. The van der Waals surface area contributed by atoms with E-state index in [1.165, 1.54) is 5.57 Å². The number of hydrogen-bond acceptors (Lipinski definition) is 2. The Kier molecular flexibility index (Phi) is 4.84. The Bertz CT molecular complexity index is 382. The Morgan fingerprint density at radius 2 is 2.19 bits per heavy atom. The second-order valence-corrected chi connectivity index (χ2v) is 4.48. The molecule has 0 aliphatic carbocycles. The summed E-state index contributed by atoms with van der Waals surface area (Å²) in [4.78, 5) is 0. The molecule has 1 atom stereocenters. The topological polar surface area (TPSA) is 35.2 Å². The van der Waals surface area contributed by atoms with E-state index in [1.807, 2.05) is 45.0 Å². The van der Waals surface area contributed by atoms with Crippen molar-refractivity contribution in [3.05, 3.63) is 40.4 Å². The standard InChI is InChI=1S/C13H18ClNO/c1-9(2)6-7-16-13-5-4-11(10(3)15)8-12(13)14/h4-6,8,10H,7,15H2,1-3H3/t10-/m0/s1. The van der Waals surface area contributed by atoms with Crippen molar-refractivity contribution in [2.24, 2.45) is 5.73 Å². The summed E-state index contributed by atoms with van der Waals surface area (Å²) in [6.45, 7) is 6.53. The highest BCUT2D eigenvalue weighted by atomic mass is 35.5. The number of rotatable bonds is 4. The largest absolute Gasteiger partial charge is 0.488 e. The maximum Gasteiger partial charge on any atom is 0.138 e. The van der Waals surface area contributed by atoms with Gasteiger partial charge in [0.05, 0.1) is 5.02 Å². The number of allylic oxidation sites excluding steroid dienone is 1. The number of halogens is 1. The van der Waals surface area contributed by atoms with Crippen LogP contribution in [0, 0.1) is 0 Å². The second-order valence-electron chi connectivity index (χ2n) is 4.07. The third-order valence-corrected chi connectivity index (χ3v) is 2.51. The molecule has 0 saturated heterocycles. The normalized spacial score (nSPS) is 12.1. The Morgan fingerprint density at radius 3 is 2.69 bits per heavy atom. The molecule has 1 aromatic rings. The van der Waals surface area contributed by atoms with Gasteiger partial charge in [-0.15, -0.1) is 0 Å². The summed E-state index contributed by atoms with van der Waals surface area (Å²) in [5.74, 6) is 0.698. The molecule has 0 amide bonds. The monoisotopic (exact) mass is 239 g/mol. The minimum absolute atomic E-state index is 0.00988. The van der Waals surface area contributed by atoms with Crippen molar-refractivity contribution >= 4 is 11.6 Å². The summed E-state index contributed by atoms with van der Waals surface area (Å²) in [6.07, 6.45) is 2.01. The highest BCUT2D eigenvalue weighted by molar-refractivity contribution is 6.32. The summed E-state index contributed by atoms with van der Waals surface area (Å²) in [5, 5.41) is 0.608. The molecule has 0 aliphatic heterocycles. The highest BCUT2D eigenvalue weighted by Gasteiger charge is 2.05. The summed E-state index contributed by atoms with van der Waals surface area (Å²) >= 11 is 6.09. The van der Waals surface area contributed by atoms with Crippen molar-refractivity contribution in [2.45, 2.75) is 26.8 Å². The van der Waals surface area contributed by atoms with Crippen LogP contribution in [0.3, 0.4) is 0 Å². The van der Waals surface area contributed by atoms with Gasteiger partial charge in [0.25, 0.3) is 0 Å². The summed E-state index contributed by atoms with van der Waals surface area (Å²) in [6, 6.07) is 5.64. The van der Waals surface area contributed by atoms with Gasteiger partial charge >= 0.3 is 0 Å². The molecule has 0 radical (unpaired) electrons. The smallest absolute Gasteiger partial charge is 0.138 e. The third-order valence-electron chi connectivity index (χ3n) is 2.21. The zero-order valence-corrected chi connectivity index (χ0v) is 10.7. The zero-order valence-electron chi connectivity index (χ0n) is 9.96. The van der Waals surface area contributed by atoms with E-state index >= 15 is 0 Å². The molecule has 1 aromatic carbocycles. The van der Waals surface area contributed by atoms with E-state index in [4.69, 9.17) is 22.1 Å². The molecule has 0 fully saturated rings. The molecule has 0 unspecified atom stereocenters. The van der Waals surface area contributed by atoms with Crippen LogP contribution in [0.15, 0.2) is 29.8 Å². The summed E-state index contributed by atoms with van der Waals surface area (Å²) in [5.41, 5.74) is 8.00. The third kappa shape index (κ3) is 3.87. The van der Waals surface area contributed by atoms with Crippen LogP contribution in [-0.2, 0) is 0 Å². The fourth-order valence-electron chi connectivity index (χ4n) is 1.22. The fraction of sp³-hybridized carbons (Fsp3) is 0.385. The van der Waals surface area contributed by atoms with Crippen LogP contribution in [0.2, 0.25) is 5.02 Å². The van der Waals surface area contributed by atoms with Gasteiger partial charge in [0.2, 0.25) is 0 Å². The van der Waals surface area contributed by atoms with Gasteiger partial charge in [-0.2, -0.15) is 0 Å². The van der Waals surface area contributed by atoms with Gasteiger partial charge in [0.1, 0.15) is 12.4 Å². The number of hydrogen-bond donors (Lipinski definition) is 1. The quantitative estimate of drug-likeness (QED) is 0.813. The van der Waals surface area contributed by atoms with Crippen LogP contribution < -0.4 is 10.5 Å². The Labute approximate surface area is 102 Å². The number of nitrogens with two attached hydrogens (primary N) is 1. The minimum atomic E-state index is -0.00988. The van der Waals surface area contributed by atoms with Crippen molar-refractivity contribution in [3.8, 4) is 5.75 Å². The van der Waals surface area contributed by atoms with Crippen molar-refractivity contribution in [1.82, 2.24) is 0 Å².